The second-order valence-corrected chi connectivity index (χ2v) is 2.36. The van der Waals surface area contributed by atoms with Crippen molar-refractivity contribution in [1.29, 1.82) is 0 Å². The Morgan fingerprint density at radius 3 is 2.91 bits per heavy atom. The molecule has 11 heavy (non-hydrogen) atoms. The van der Waals surface area contributed by atoms with E-state index in [-0.39, 0.29) is 10.7 Å². The van der Waals surface area contributed by atoms with Crippen molar-refractivity contribution >= 4 is 17.9 Å². The number of carbonyl (C=O) groups excluding carboxylic acids is 1. The molecular weight excluding hydrogens is 168 g/mol. The highest BCUT2D eigenvalue weighted by molar-refractivity contribution is 6.29. The first-order valence-corrected chi connectivity index (χ1v) is 3.22. The number of aromatic nitrogens is 2. The van der Waals surface area contributed by atoms with Crippen molar-refractivity contribution in [2.24, 2.45) is 7.05 Å². The third kappa shape index (κ3) is 1.46. The number of aldehydes is 1. The Balaban J connectivity index is 3.48. The van der Waals surface area contributed by atoms with Crippen LogP contribution in [0.1, 0.15) is 10.4 Å². The van der Waals surface area contributed by atoms with Crippen LogP contribution in [-0.2, 0) is 7.05 Å². The fourth-order valence-electron chi connectivity index (χ4n) is 0.679. The number of hydrogen-bond donors (Lipinski definition) is 0. The highest BCUT2D eigenvalue weighted by Gasteiger charge is 2.01. The van der Waals surface area contributed by atoms with Gasteiger partial charge in [0.1, 0.15) is 0 Å². The van der Waals surface area contributed by atoms with E-state index in [1.807, 2.05) is 0 Å². The molecule has 0 spiro atoms. The summed E-state index contributed by atoms with van der Waals surface area (Å²) in [7, 11) is 1.43. The minimum atomic E-state index is -0.440. The van der Waals surface area contributed by atoms with Crippen molar-refractivity contribution < 1.29 is 4.79 Å². The van der Waals surface area contributed by atoms with Gasteiger partial charge in [-0.25, -0.2) is 4.68 Å². The lowest BCUT2D eigenvalue weighted by Crippen LogP contribution is -2.22. The molecule has 1 heterocycles. The Kier molecular flexibility index (Phi) is 2.05. The topological polar surface area (TPSA) is 52.0 Å². The summed E-state index contributed by atoms with van der Waals surface area (Å²) in [6, 6.07) is 1.23. The maximum absolute atomic E-state index is 11.0. The zero-order chi connectivity index (χ0) is 8.43. The Morgan fingerprint density at radius 1 is 1.73 bits per heavy atom. The molecular formula is C6H5ClN2O2. The molecule has 0 bridgehead atoms. The maximum atomic E-state index is 11.0. The molecule has 1 aromatic heterocycles. The van der Waals surface area contributed by atoms with Gasteiger partial charge in [0, 0.05) is 7.05 Å². The average molecular weight is 173 g/mol. The SMILES string of the molecule is Cn1nc(Cl)cc(C=O)c1=O. The monoisotopic (exact) mass is 172 g/mol. The predicted octanol–water partition coefficient (Wildman–Crippen LogP) is 0.246. The van der Waals surface area contributed by atoms with Crippen molar-refractivity contribution in [3.8, 4) is 0 Å². The largest absolute Gasteiger partial charge is 0.298 e. The van der Waals surface area contributed by atoms with E-state index in [4.69, 9.17) is 11.6 Å². The summed E-state index contributed by atoms with van der Waals surface area (Å²) in [4.78, 5) is 21.2. The van der Waals surface area contributed by atoms with E-state index in [0.29, 0.717) is 6.29 Å². The molecule has 0 aromatic carbocycles. The van der Waals surface area contributed by atoms with Crippen LogP contribution in [0.15, 0.2) is 10.9 Å². The Bertz CT molecular complexity index is 345. The fraction of sp³-hybridized carbons (Fsp3) is 0.167. The number of halogens is 1. The van der Waals surface area contributed by atoms with Crippen molar-refractivity contribution in [1.82, 2.24) is 9.78 Å². The molecule has 0 saturated heterocycles. The van der Waals surface area contributed by atoms with Crippen LogP contribution in [0.5, 0.6) is 0 Å². The van der Waals surface area contributed by atoms with Gasteiger partial charge in [-0.2, -0.15) is 5.10 Å². The summed E-state index contributed by atoms with van der Waals surface area (Å²) < 4.78 is 1.02. The standard InChI is InChI=1S/C6H5ClN2O2/c1-9-6(11)4(3-10)2-5(7)8-9/h2-3H,1H3. The molecule has 0 radical (unpaired) electrons. The average Bonchev–Trinajstić information content (AvgIpc) is 1.96. The molecule has 0 fully saturated rings. The second kappa shape index (κ2) is 2.84. The third-order valence-electron chi connectivity index (χ3n) is 1.19. The van der Waals surface area contributed by atoms with E-state index in [1.54, 1.807) is 0 Å². The lowest BCUT2D eigenvalue weighted by Gasteiger charge is -1.96. The molecule has 4 nitrogen and oxygen atoms in total. The van der Waals surface area contributed by atoms with Gasteiger partial charge in [0.05, 0.1) is 5.56 Å². The quantitative estimate of drug-likeness (QED) is 0.571. The molecule has 0 aliphatic rings. The summed E-state index contributed by atoms with van der Waals surface area (Å²) in [5.74, 6) is 0. The Hall–Kier alpha value is -1.16. The minimum Gasteiger partial charge on any atom is -0.298 e. The van der Waals surface area contributed by atoms with Crippen molar-refractivity contribution in [3.05, 3.63) is 27.1 Å². The van der Waals surface area contributed by atoms with Crippen LogP contribution in [0.25, 0.3) is 0 Å². The van der Waals surface area contributed by atoms with Crippen LogP contribution >= 0.6 is 11.6 Å². The molecule has 1 aromatic rings. The number of hydrogen-bond acceptors (Lipinski definition) is 3. The molecule has 58 valence electrons. The van der Waals surface area contributed by atoms with Gasteiger partial charge in [0.25, 0.3) is 5.56 Å². The van der Waals surface area contributed by atoms with Crippen LogP contribution in [0.4, 0.5) is 0 Å². The first kappa shape index (κ1) is 7.94. The number of nitrogens with zero attached hydrogens (tertiary/aromatic N) is 2. The maximum Gasteiger partial charge on any atom is 0.277 e. The zero-order valence-electron chi connectivity index (χ0n) is 5.74. The first-order valence-electron chi connectivity index (χ1n) is 2.84. The van der Waals surface area contributed by atoms with Gasteiger partial charge in [0.15, 0.2) is 11.4 Å². The number of carbonyl (C=O) groups is 1. The number of aryl methyl sites for hydroxylation is 1. The molecule has 0 amide bonds. The fourth-order valence-corrected chi connectivity index (χ4v) is 0.910. The summed E-state index contributed by atoms with van der Waals surface area (Å²) in [6.45, 7) is 0. The summed E-state index contributed by atoms with van der Waals surface area (Å²) >= 11 is 5.47. The summed E-state index contributed by atoms with van der Waals surface area (Å²) in [6.07, 6.45) is 0.454. The van der Waals surface area contributed by atoms with Crippen LogP contribution in [0.3, 0.4) is 0 Å². The molecule has 0 aliphatic carbocycles. The van der Waals surface area contributed by atoms with Crippen molar-refractivity contribution in [3.63, 3.8) is 0 Å². The lowest BCUT2D eigenvalue weighted by molar-refractivity contribution is 0.112. The summed E-state index contributed by atoms with van der Waals surface area (Å²) in [5.41, 5.74) is -0.420. The first-order chi connectivity index (χ1) is 5.15. The van der Waals surface area contributed by atoms with Crippen LogP contribution < -0.4 is 5.56 Å². The Morgan fingerprint density at radius 2 is 2.36 bits per heavy atom. The molecule has 0 atom stereocenters. The molecule has 0 aliphatic heterocycles. The van der Waals surface area contributed by atoms with Gasteiger partial charge in [-0.3, -0.25) is 9.59 Å². The zero-order valence-corrected chi connectivity index (χ0v) is 6.50. The van der Waals surface area contributed by atoms with Crippen LogP contribution in [0.2, 0.25) is 5.15 Å². The van der Waals surface area contributed by atoms with Crippen molar-refractivity contribution in [2.75, 3.05) is 0 Å². The number of rotatable bonds is 1. The molecule has 0 N–H and O–H groups in total. The van der Waals surface area contributed by atoms with E-state index in [1.165, 1.54) is 13.1 Å². The normalized spacial score (nSPS) is 9.64. The van der Waals surface area contributed by atoms with Crippen LogP contribution in [-0.4, -0.2) is 16.1 Å². The second-order valence-electron chi connectivity index (χ2n) is 1.97. The van der Waals surface area contributed by atoms with Crippen molar-refractivity contribution in [2.45, 2.75) is 0 Å². The summed E-state index contributed by atoms with van der Waals surface area (Å²) in [5, 5.41) is 3.73. The van der Waals surface area contributed by atoms with Gasteiger partial charge in [-0.1, -0.05) is 11.6 Å². The van der Waals surface area contributed by atoms with Gasteiger partial charge in [-0.15, -0.1) is 0 Å². The Labute approximate surface area is 67.4 Å². The lowest BCUT2D eigenvalue weighted by atomic mass is 10.3. The highest BCUT2D eigenvalue weighted by atomic mass is 35.5. The molecule has 5 heteroatoms. The smallest absolute Gasteiger partial charge is 0.277 e. The van der Waals surface area contributed by atoms with E-state index in [0.717, 1.165) is 4.68 Å². The van der Waals surface area contributed by atoms with E-state index in [2.05, 4.69) is 5.10 Å². The highest BCUT2D eigenvalue weighted by Crippen LogP contribution is 2.00. The van der Waals surface area contributed by atoms with E-state index >= 15 is 0 Å². The van der Waals surface area contributed by atoms with Gasteiger partial charge >= 0.3 is 0 Å². The van der Waals surface area contributed by atoms with Gasteiger partial charge in [0.2, 0.25) is 0 Å². The molecule has 0 unspecified atom stereocenters. The third-order valence-corrected chi connectivity index (χ3v) is 1.37. The predicted molar refractivity (Wildman–Crippen MR) is 39.9 cm³/mol. The van der Waals surface area contributed by atoms with E-state index in [9.17, 15) is 9.59 Å². The molecule has 1 rings (SSSR count). The van der Waals surface area contributed by atoms with Gasteiger partial charge in [-0.05, 0) is 6.07 Å². The van der Waals surface area contributed by atoms with Crippen LogP contribution in [0, 0.1) is 0 Å². The van der Waals surface area contributed by atoms with Gasteiger partial charge < -0.3 is 0 Å². The molecule has 0 saturated carbocycles. The van der Waals surface area contributed by atoms with E-state index < -0.39 is 5.56 Å². The minimum absolute atomic E-state index is 0.0208.